The fraction of sp³-hybridized carbons (Fsp3) is 0. The van der Waals surface area contributed by atoms with Crippen molar-refractivity contribution >= 4 is 35.4 Å². The molecule has 0 saturated heterocycles. The van der Waals surface area contributed by atoms with E-state index >= 15 is 0 Å². The molecule has 3 aromatic carbocycles. The highest BCUT2D eigenvalue weighted by Crippen LogP contribution is 2.35. The number of rotatable bonds is 3. The van der Waals surface area contributed by atoms with Gasteiger partial charge in [-0.3, -0.25) is 0 Å². The van der Waals surface area contributed by atoms with E-state index in [1.54, 1.807) is 6.07 Å². The highest BCUT2D eigenvalue weighted by Gasteiger charge is 2.20. The van der Waals surface area contributed by atoms with Crippen LogP contribution in [0.2, 0.25) is 5.02 Å². The van der Waals surface area contributed by atoms with Crippen LogP contribution in [0.15, 0.2) is 78.9 Å². The predicted octanol–water partition coefficient (Wildman–Crippen LogP) is 4.24. The van der Waals surface area contributed by atoms with Crippen LogP contribution in [-0.2, 0) is 0 Å². The van der Waals surface area contributed by atoms with Crippen LogP contribution in [0.4, 0.5) is 4.39 Å². The highest BCUT2D eigenvalue weighted by molar-refractivity contribution is 7.80. The maximum Gasteiger partial charge on any atom is 0.142 e. The first-order chi connectivity index (χ1) is 10.3. The summed E-state index contributed by atoms with van der Waals surface area (Å²) < 4.78 is 13.8. The smallest absolute Gasteiger partial charge is 0.142 e. The highest BCUT2D eigenvalue weighted by atomic mass is 35.5. The van der Waals surface area contributed by atoms with Crippen molar-refractivity contribution in [1.82, 2.24) is 0 Å². The lowest BCUT2D eigenvalue weighted by Gasteiger charge is -2.20. The molecule has 0 nitrogen and oxygen atoms in total. The van der Waals surface area contributed by atoms with Gasteiger partial charge in [0.25, 0.3) is 0 Å². The molecule has 0 spiro atoms. The van der Waals surface area contributed by atoms with Gasteiger partial charge in [0.05, 0.1) is 5.02 Å². The molecule has 0 bridgehead atoms. The van der Waals surface area contributed by atoms with Crippen molar-refractivity contribution in [3.05, 3.63) is 89.7 Å². The normalized spacial score (nSPS) is 10.8. The molecule has 0 aliphatic rings. The Morgan fingerprint density at radius 2 is 1.19 bits per heavy atom. The van der Waals surface area contributed by atoms with E-state index in [0.29, 0.717) is 0 Å². The number of hydrogen-bond acceptors (Lipinski definition) is 0. The van der Waals surface area contributed by atoms with Crippen molar-refractivity contribution in [3.63, 3.8) is 0 Å². The van der Waals surface area contributed by atoms with E-state index < -0.39 is 7.92 Å². The Labute approximate surface area is 130 Å². The molecule has 0 atom stereocenters. The molecular weight excluding hydrogens is 302 g/mol. The first kappa shape index (κ1) is 14.3. The number of hydrogen-bond donors (Lipinski definition) is 0. The van der Waals surface area contributed by atoms with Gasteiger partial charge in [-0.1, -0.05) is 84.4 Å². The molecule has 0 aliphatic heterocycles. The van der Waals surface area contributed by atoms with E-state index in [4.69, 9.17) is 11.6 Å². The topological polar surface area (TPSA) is 0 Å². The summed E-state index contributed by atoms with van der Waals surface area (Å²) in [6, 6.07) is 25.3. The van der Waals surface area contributed by atoms with Crippen molar-refractivity contribution in [2.24, 2.45) is 0 Å². The Hall–Kier alpha value is -1.69. The average molecular weight is 315 g/mol. The zero-order valence-corrected chi connectivity index (χ0v) is 12.9. The molecule has 0 amide bonds. The van der Waals surface area contributed by atoms with E-state index in [9.17, 15) is 4.39 Å². The molecule has 0 radical (unpaired) electrons. The molecule has 104 valence electrons. The van der Waals surface area contributed by atoms with E-state index in [1.807, 2.05) is 42.5 Å². The molecule has 3 heteroatoms. The lowest BCUT2D eigenvalue weighted by atomic mass is 10.3. The van der Waals surface area contributed by atoms with Crippen molar-refractivity contribution in [2.75, 3.05) is 0 Å². The maximum atomic E-state index is 13.8. The van der Waals surface area contributed by atoms with Gasteiger partial charge in [-0.05, 0) is 24.6 Å². The second kappa shape index (κ2) is 6.39. The molecule has 0 N–H and O–H groups in total. The molecule has 0 aliphatic carbocycles. The number of halogens is 2. The first-order valence-corrected chi connectivity index (χ1v) is 8.33. The third-order valence-electron chi connectivity index (χ3n) is 3.20. The Balaban J connectivity index is 2.20. The standard InChI is InChI=1S/C18H13ClFP/c19-18-16(20)12-7-13-17(18)21(14-8-3-1-4-9-14)15-10-5-2-6-11-15/h1-13H. The van der Waals surface area contributed by atoms with Crippen LogP contribution in [0.3, 0.4) is 0 Å². The molecule has 0 fully saturated rings. The van der Waals surface area contributed by atoms with Gasteiger partial charge in [-0.15, -0.1) is 0 Å². The zero-order chi connectivity index (χ0) is 14.7. The van der Waals surface area contributed by atoms with Crippen molar-refractivity contribution in [2.45, 2.75) is 0 Å². The van der Waals surface area contributed by atoms with Gasteiger partial charge in [0.15, 0.2) is 0 Å². The van der Waals surface area contributed by atoms with Gasteiger partial charge in [0, 0.05) is 5.30 Å². The van der Waals surface area contributed by atoms with Crippen LogP contribution in [-0.4, -0.2) is 0 Å². The Morgan fingerprint density at radius 3 is 1.71 bits per heavy atom. The maximum absolute atomic E-state index is 13.8. The molecule has 3 aromatic rings. The summed E-state index contributed by atoms with van der Waals surface area (Å²) in [6.45, 7) is 0. The van der Waals surface area contributed by atoms with Crippen LogP contribution in [0.5, 0.6) is 0 Å². The van der Waals surface area contributed by atoms with Gasteiger partial charge in [0.1, 0.15) is 5.82 Å². The molecule has 0 aromatic heterocycles. The van der Waals surface area contributed by atoms with Crippen LogP contribution in [0.1, 0.15) is 0 Å². The fourth-order valence-electron chi connectivity index (χ4n) is 2.25. The van der Waals surface area contributed by atoms with E-state index in [2.05, 4.69) is 24.3 Å². The van der Waals surface area contributed by atoms with Crippen molar-refractivity contribution < 1.29 is 4.39 Å². The van der Waals surface area contributed by atoms with Crippen molar-refractivity contribution in [1.29, 1.82) is 0 Å². The fourth-order valence-corrected chi connectivity index (χ4v) is 4.96. The Kier molecular flexibility index (Phi) is 4.34. The minimum Gasteiger partial charge on any atom is -0.205 e. The van der Waals surface area contributed by atoms with Crippen LogP contribution in [0, 0.1) is 5.82 Å². The van der Waals surface area contributed by atoms with Crippen molar-refractivity contribution in [3.8, 4) is 0 Å². The molecule has 3 rings (SSSR count). The van der Waals surface area contributed by atoms with Crippen LogP contribution in [0.25, 0.3) is 0 Å². The SMILES string of the molecule is Fc1cccc(P(c2ccccc2)c2ccccc2)c1Cl. The third-order valence-corrected chi connectivity index (χ3v) is 6.20. The van der Waals surface area contributed by atoms with E-state index in [-0.39, 0.29) is 10.8 Å². The van der Waals surface area contributed by atoms with Gasteiger partial charge in [-0.2, -0.15) is 0 Å². The largest absolute Gasteiger partial charge is 0.205 e. The summed E-state index contributed by atoms with van der Waals surface area (Å²) in [4.78, 5) is 0. The van der Waals surface area contributed by atoms with Gasteiger partial charge < -0.3 is 0 Å². The summed E-state index contributed by atoms with van der Waals surface area (Å²) in [5.41, 5.74) is 0. The predicted molar refractivity (Wildman–Crippen MR) is 90.1 cm³/mol. The Bertz CT molecular complexity index is 689. The quantitative estimate of drug-likeness (QED) is 0.634. The Morgan fingerprint density at radius 1 is 0.667 bits per heavy atom. The first-order valence-electron chi connectivity index (χ1n) is 6.61. The van der Waals surface area contributed by atoms with E-state index in [1.165, 1.54) is 6.07 Å². The minimum atomic E-state index is -0.855. The summed E-state index contributed by atoms with van der Waals surface area (Å²) in [5, 5.41) is 3.39. The summed E-state index contributed by atoms with van der Waals surface area (Å²) in [5.74, 6) is -0.367. The van der Waals surface area contributed by atoms with Gasteiger partial charge >= 0.3 is 0 Å². The zero-order valence-electron chi connectivity index (χ0n) is 11.2. The average Bonchev–Trinajstić information content (AvgIpc) is 2.54. The lowest BCUT2D eigenvalue weighted by molar-refractivity contribution is 0.629. The van der Waals surface area contributed by atoms with Gasteiger partial charge in [0.2, 0.25) is 0 Å². The molecule has 0 heterocycles. The lowest BCUT2D eigenvalue weighted by Crippen LogP contribution is -2.21. The minimum absolute atomic E-state index is 0.219. The number of benzene rings is 3. The molecule has 0 saturated carbocycles. The second-order valence-corrected chi connectivity index (χ2v) is 7.14. The van der Waals surface area contributed by atoms with E-state index in [0.717, 1.165) is 15.9 Å². The summed E-state index contributed by atoms with van der Waals surface area (Å²) in [7, 11) is -0.855. The summed E-state index contributed by atoms with van der Waals surface area (Å²) in [6.07, 6.45) is 0. The molecule has 0 unspecified atom stereocenters. The molecule has 21 heavy (non-hydrogen) atoms. The third kappa shape index (κ3) is 3.00. The monoisotopic (exact) mass is 314 g/mol. The van der Waals surface area contributed by atoms with Gasteiger partial charge in [-0.25, -0.2) is 4.39 Å². The van der Waals surface area contributed by atoms with Crippen LogP contribution < -0.4 is 15.9 Å². The summed E-state index contributed by atoms with van der Waals surface area (Å²) >= 11 is 6.23. The molecular formula is C18H13ClFP. The van der Waals surface area contributed by atoms with Crippen LogP contribution >= 0.6 is 19.5 Å². The second-order valence-electron chi connectivity index (χ2n) is 4.58.